The minimum Gasteiger partial charge on any atom is -0.444 e. The fourth-order valence-corrected chi connectivity index (χ4v) is 1.52. The third kappa shape index (κ3) is 7.28. The molecule has 19 heavy (non-hydrogen) atoms. The quantitative estimate of drug-likeness (QED) is 0.802. The van der Waals surface area contributed by atoms with Crippen LogP contribution in [0.1, 0.15) is 39.3 Å². The van der Waals surface area contributed by atoms with Crippen molar-refractivity contribution in [2.24, 2.45) is 0 Å². The largest absolute Gasteiger partial charge is 0.444 e. The van der Waals surface area contributed by atoms with Gasteiger partial charge in [-0.1, -0.05) is 0 Å². The smallest absolute Gasteiger partial charge is 0.407 e. The van der Waals surface area contributed by atoms with Crippen LogP contribution in [0.4, 0.5) is 10.5 Å². The minimum atomic E-state index is -0.446. The number of carbonyl (C=O) groups is 1. The molecule has 0 radical (unpaired) electrons. The van der Waals surface area contributed by atoms with Crippen LogP contribution < -0.4 is 11.1 Å². The van der Waals surface area contributed by atoms with E-state index < -0.39 is 5.60 Å². The molecule has 1 rings (SSSR count). The lowest BCUT2D eigenvalue weighted by Crippen LogP contribution is -2.33. The summed E-state index contributed by atoms with van der Waals surface area (Å²) in [6.45, 7) is 6.15. The van der Waals surface area contributed by atoms with Gasteiger partial charge in [-0.25, -0.2) is 4.79 Å². The molecule has 1 amide bonds. The Kier molecular flexibility index (Phi) is 5.60. The lowest BCUT2D eigenvalue weighted by Gasteiger charge is -2.19. The number of alkyl carbamates (subject to hydrolysis) is 1. The maximum Gasteiger partial charge on any atom is 0.407 e. The molecule has 0 bridgehead atoms. The number of rotatable bonds is 5. The van der Waals surface area contributed by atoms with E-state index in [1.165, 1.54) is 0 Å². The molecule has 0 unspecified atom stereocenters. The summed E-state index contributed by atoms with van der Waals surface area (Å²) in [7, 11) is 0. The number of nitrogens with two attached hydrogens (primary N) is 1. The third-order valence-electron chi connectivity index (χ3n) is 2.38. The summed E-state index contributed by atoms with van der Waals surface area (Å²) in [6, 6.07) is 3.78. The highest BCUT2D eigenvalue weighted by atomic mass is 16.6. The van der Waals surface area contributed by atoms with Crippen molar-refractivity contribution in [2.75, 3.05) is 12.3 Å². The number of aryl methyl sites for hydroxylation is 1. The van der Waals surface area contributed by atoms with Gasteiger partial charge in [-0.2, -0.15) is 0 Å². The molecule has 0 aromatic carbocycles. The Morgan fingerprint density at radius 2 is 2.11 bits per heavy atom. The zero-order chi connectivity index (χ0) is 14.3. The van der Waals surface area contributed by atoms with E-state index in [4.69, 9.17) is 10.5 Å². The fourth-order valence-electron chi connectivity index (χ4n) is 1.52. The molecule has 0 atom stereocenters. The van der Waals surface area contributed by atoms with Gasteiger partial charge in [0.2, 0.25) is 0 Å². The van der Waals surface area contributed by atoms with Crippen molar-refractivity contribution < 1.29 is 9.53 Å². The Morgan fingerprint density at radius 1 is 1.37 bits per heavy atom. The molecule has 0 saturated heterocycles. The molecule has 0 saturated carbocycles. The molecule has 1 aromatic rings. The number of amides is 1. The second-order valence-electron chi connectivity index (χ2n) is 5.47. The average Bonchev–Trinajstić information content (AvgIpc) is 2.29. The summed E-state index contributed by atoms with van der Waals surface area (Å²) < 4.78 is 5.14. The van der Waals surface area contributed by atoms with Crippen molar-refractivity contribution >= 4 is 11.8 Å². The number of aromatic nitrogens is 1. The van der Waals surface area contributed by atoms with E-state index in [9.17, 15) is 4.79 Å². The van der Waals surface area contributed by atoms with E-state index in [1.54, 1.807) is 6.20 Å². The highest BCUT2D eigenvalue weighted by Gasteiger charge is 2.15. The van der Waals surface area contributed by atoms with Crippen LogP contribution in [0.3, 0.4) is 0 Å². The van der Waals surface area contributed by atoms with Crippen molar-refractivity contribution in [3.63, 3.8) is 0 Å². The lowest BCUT2D eigenvalue weighted by atomic mass is 10.2. The number of pyridine rings is 1. The number of nitrogens with one attached hydrogen (secondary N) is 1. The molecule has 5 nitrogen and oxygen atoms in total. The van der Waals surface area contributed by atoms with Crippen LogP contribution in [-0.4, -0.2) is 23.2 Å². The summed E-state index contributed by atoms with van der Waals surface area (Å²) in [6.07, 6.45) is 4.04. The third-order valence-corrected chi connectivity index (χ3v) is 2.38. The zero-order valence-corrected chi connectivity index (χ0v) is 11.9. The Balaban J connectivity index is 2.11. The number of unbranched alkanes of at least 4 members (excludes halogenated alkanes) is 1. The van der Waals surface area contributed by atoms with Crippen LogP contribution in [0.15, 0.2) is 18.3 Å². The molecule has 1 heterocycles. The van der Waals surface area contributed by atoms with Crippen LogP contribution in [0.5, 0.6) is 0 Å². The summed E-state index contributed by atoms with van der Waals surface area (Å²) in [4.78, 5) is 15.6. The molecular weight excluding hydrogens is 242 g/mol. The van der Waals surface area contributed by atoms with Crippen LogP contribution in [0.25, 0.3) is 0 Å². The van der Waals surface area contributed by atoms with Gasteiger partial charge in [0, 0.05) is 12.2 Å². The van der Waals surface area contributed by atoms with Gasteiger partial charge in [-0.15, -0.1) is 0 Å². The van der Waals surface area contributed by atoms with Crippen LogP contribution in [0, 0.1) is 0 Å². The first kappa shape index (κ1) is 15.3. The normalized spacial score (nSPS) is 11.1. The van der Waals surface area contributed by atoms with Gasteiger partial charge in [-0.3, -0.25) is 4.98 Å². The molecular formula is C14H23N3O2. The zero-order valence-electron chi connectivity index (χ0n) is 11.9. The van der Waals surface area contributed by atoms with Crippen molar-refractivity contribution in [3.8, 4) is 0 Å². The molecule has 0 aliphatic heterocycles. The summed E-state index contributed by atoms with van der Waals surface area (Å²) in [5.74, 6) is 0. The van der Waals surface area contributed by atoms with Crippen molar-refractivity contribution in [3.05, 3.63) is 24.0 Å². The number of ether oxygens (including phenoxy) is 1. The second-order valence-corrected chi connectivity index (χ2v) is 5.47. The Hall–Kier alpha value is -1.78. The van der Waals surface area contributed by atoms with E-state index in [-0.39, 0.29) is 6.09 Å². The van der Waals surface area contributed by atoms with Gasteiger partial charge >= 0.3 is 6.09 Å². The molecule has 0 aliphatic rings. The average molecular weight is 265 g/mol. The molecule has 0 fully saturated rings. The first-order valence-corrected chi connectivity index (χ1v) is 6.54. The number of nitrogens with zero attached hydrogens (tertiary/aromatic N) is 1. The molecule has 5 heteroatoms. The molecule has 0 spiro atoms. The van der Waals surface area contributed by atoms with Gasteiger partial charge in [-0.05, 0) is 52.2 Å². The van der Waals surface area contributed by atoms with Crippen molar-refractivity contribution in [2.45, 2.75) is 45.6 Å². The first-order valence-electron chi connectivity index (χ1n) is 6.54. The van der Waals surface area contributed by atoms with Gasteiger partial charge in [0.05, 0.1) is 11.9 Å². The summed E-state index contributed by atoms with van der Waals surface area (Å²) in [5.41, 5.74) is 6.81. The Labute approximate surface area is 114 Å². The number of anilines is 1. The van der Waals surface area contributed by atoms with Gasteiger partial charge < -0.3 is 15.8 Å². The SMILES string of the molecule is CC(C)(C)OC(=O)NCCCCc1ccc(N)cn1. The van der Waals surface area contributed by atoms with Crippen molar-refractivity contribution in [1.29, 1.82) is 0 Å². The number of hydrogen-bond donors (Lipinski definition) is 2. The van der Waals surface area contributed by atoms with Gasteiger partial charge in [0.25, 0.3) is 0 Å². The predicted octanol–water partition coefficient (Wildman–Crippen LogP) is 2.51. The van der Waals surface area contributed by atoms with E-state index in [2.05, 4.69) is 10.3 Å². The minimum absolute atomic E-state index is 0.363. The van der Waals surface area contributed by atoms with E-state index in [0.29, 0.717) is 12.2 Å². The first-order chi connectivity index (χ1) is 8.87. The summed E-state index contributed by atoms with van der Waals surface area (Å²) in [5, 5.41) is 2.73. The fraction of sp³-hybridized carbons (Fsp3) is 0.571. The number of carbonyl (C=O) groups excluding carboxylic acids is 1. The Bertz CT molecular complexity index is 396. The predicted molar refractivity (Wildman–Crippen MR) is 75.8 cm³/mol. The van der Waals surface area contributed by atoms with Crippen LogP contribution in [-0.2, 0) is 11.2 Å². The number of nitrogen functional groups attached to an aromatic ring is 1. The number of hydrogen-bond acceptors (Lipinski definition) is 4. The van der Waals surface area contributed by atoms with Gasteiger partial charge in [0.15, 0.2) is 0 Å². The maximum absolute atomic E-state index is 11.4. The van der Waals surface area contributed by atoms with E-state index in [0.717, 1.165) is 25.0 Å². The lowest BCUT2D eigenvalue weighted by molar-refractivity contribution is 0.0527. The maximum atomic E-state index is 11.4. The van der Waals surface area contributed by atoms with E-state index >= 15 is 0 Å². The monoisotopic (exact) mass is 265 g/mol. The van der Waals surface area contributed by atoms with Gasteiger partial charge in [0.1, 0.15) is 5.60 Å². The molecule has 1 aromatic heterocycles. The van der Waals surface area contributed by atoms with Crippen LogP contribution in [0.2, 0.25) is 0 Å². The van der Waals surface area contributed by atoms with Crippen molar-refractivity contribution in [1.82, 2.24) is 10.3 Å². The van der Waals surface area contributed by atoms with Crippen LogP contribution >= 0.6 is 0 Å². The Morgan fingerprint density at radius 3 is 2.68 bits per heavy atom. The topological polar surface area (TPSA) is 77.2 Å². The standard InChI is InChI=1S/C14H23N3O2/c1-14(2,3)19-13(18)16-9-5-4-6-12-8-7-11(15)10-17-12/h7-8,10H,4-6,9,15H2,1-3H3,(H,16,18). The second kappa shape index (κ2) is 6.97. The molecule has 106 valence electrons. The molecule has 0 aliphatic carbocycles. The highest BCUT2D eigenvalue weighted by molar-refractivity contribution is 5.67. The molecule has 3 N–H and O–H groups in total. The van der Waals surface area contributed by atoms with E-state index in [1.807, 2.05) is 32.9 Å². The highest BCUT2D eigenvalue weighted by Crippen LogP contribution is 2.07. The summed E-state index contributed by atoms with van der Waals surface area (Å²) >= 11 is 0.